The number of nitrogens with zero attached hydrogens (tertiary/aromatic N) is 1. The van der Waals surface area contributed by atoms with Gasteiger partial charge < -0.3 is 5.11 Å². The number of hydrogen-bond donors (Lipinski definition) is 1. The minimum absolute atomic E-state index is 0.203. The quantitative estimate of drug-likeness (QED) is 0.733. The second-order valence-electron chi connectivity index (χ2n) is 7.73. The summed E-state index contributed by atoms with van der Waals surface area (Å²) in [7, 11) is 0. The monoisotopic (exact) mass is 281 g/mol. The normalized spacial score (nSPS) is 31.6. The summed E-state index contributed by atoms with van der Waals surface area (Å²) in [4.78, 5) is 2.09. The summed E-state index contributed by atoms with van der Waals surface area (Å²) in [5.74, 6) is 0. The summed E-state index contributed by atoms with van der Waals surface area (Å²) in [6.07, 6.45) is -5.06. The number of aliphatic hydroxyl groups is 1. The Bertz CT molecular complexity index is 327. The van der Waals surface area contributed by atoms with Gasteiger partial charge in [0.15, 0.2) is 5.60 Å². The zero-order chi connectivity index (χ0) is 15.3. The van der Waals surface area contributed by atoms with Crippen LogP contribution >= 0.6 is 0 Å². The molecule has 0 aromatic heterocycles. The van der Waals surface area contributed by atoms with Crippen molar-refractivity contribution in [1.29, 1.82) is 0 Å². The predicted molar refractivity (Wildman–Crippen MR) is 69.9 cm³/mol. The molecule has 1 fully saturated rings. The van der Waals surface area contributed by atoms with E-state index in [1.54, 1.807) is 0 Å². The molecule has 0 amide bonds. The molecule has 5 heteroatoms. The Balaban J connectivity index is 3.09. The third kappa shape index (κ3) is 3.43. The first-order chi connectivity index (χ1) is 8.18. The summed E-state index contributed by atoms with van der Waals surface area (Å²) in [5, 5.41) is 9.97. The van der Waals surface area contributed by atoms with E-state index in [0.717, 1.165) is 0 Å². The summed E-state index contributed by atoms with van der Waals surface area (Å²) < 4.78 is 39.1. The largest absolute Gasteiger partial charge is 0.417 e. The first-order valence-corrected chi connectivity index (χ1v) is 6.74. The van der Waals surface area contributed by atoms with Gasteiger partial charge in [-0.2, -0.15) is 13.2 Å². The number of piperidine rings is 1. The molecule has 0 bridgehead atoms. The molecule has 1 heterocycles. The van der Waals surface area contributed by atoms with Crippen LogP contribution in [-0.2, 0) is 0 Å². The Kier molecular flexibility index (Phi) is 4.08. The van der Waals surface area contributed by atoms with E-state index in [-0.39, 0.29) is 36.4 Å². The van der Waals surface area contributed by atoms with E-state index in [0.29, 0.717) is 0 Å². The third-order valence-electron chi connectivity index (χ3n) is 4.06. The van der Waals surface area contributed by atoms with Gasteiger partial charge in [-0.15, -0.1) is 0 Å². The Morgan fingerprint density at radius 2 is 1.53 bits per heavy atom. The van der Waals surface area contributed by atoms with Gasteiger partial charge in [0.25, 0.3) is 0 Å². The van der Waals surface area contributed by atoms with E-state index in [4.69, 9.17) is 0 Å². The Labute approximate surface area is 114 Å². The topological polar surface area (TPSA) is 23.5 Å². The van der Waals surface area contributed by atoms with Gasteiger partial charge in [0.05, 0.1) is 0 Å². The number of likely N-dealkylation sites (tertiary alicyclic amines) is 1. The lowest BCUT2D eigenvalue weighted by atomic mass is 9.73. The highest BCUT2D eigenvalue weighted by molar-refractivity contribution is 5.02. The average Bonchev–Trinajstić information content (AvgIpc) is 2.12. The van der Waals surface area contributed by atoms with Crippen molar-refractivity contribution in [2.45, 2.75) is 77.7 Å². The fraction of sp³-hybridized carbons (Fsp3) is 1.00. The SMILES string of the molecule is CC(C)(C)C1CC(O)(C(F)(F)F)CCN1C(C)(C)C. The van der Waals surface area contributed by atoms with Crippen molar-refractivity contribution in [2.75, 3.05) is 6.54 Å². The molecule has 0 spiro atoms. The molecule has 0 saturated carbocycles. The van der Waals surface area contributed by atoms with Crippen molar-refractivity contribution in [3.63, 3.8) is 0 Å². The lowest BCUT2D eigenvalue weighted by Crippen LogP contribution is -2.64. The molecule has 1 N–H and O–H groups in total. The molecule has 2 nitrogen and oxygen atoms in total. The van der Waals surface area contributed by atoms with Crippen LogP contribution in [0.2, 0.25) is 0 Å². The van der Waals surface area contributed by atoms with Gasteiger partial charge in [-0.05, 0) is 32.6 Å². The van der Waals surface area contributed by atoms with Crippen molar-refractivity contribution in [3.05, 3.63) is 0 Å². The molecule has 19 heavy (non-hydrogen) atoms. The minimum Gasteiger partial charge on any atom is -0.380 e. The Morgan fingerprint density at radius 1 is 1.05 bits per heavy atom. The number of rotatable bonds is 0. The van der Waals surface area contributed by atoms with Crippen LogP contribution in [0.5, 0.6) is 0 Å². The molecule has 1 saturated heterocycles. The van der Waals surface area contributed by atoms with Crippen LogP contribution in [-0.4, -0.2) is 39.9 Å². The van der Waals surface area contributed by atoms with Crippen molar-refractivity contribution in [3.8, 4) is 0 Å². The lowest BCUT2D eigenvalue weighted by molar-refractivity contribution is -0.284. The zero-order valence-electron chi connectivity index (χ0n) is 12.7. The van der Waals surface area contributed by atoms with Gasteiger partial charge in [-0.25, -0.2) is 0 Å². The molecule has 0 radical (unpaired) electrons. The van der Waals surface area contributed by atoms with Crippen LogP contribution in [0.25, 0.3) is 0 Å². The fourth-order valence-electron chi connectivity index (χ4n) is 2.83. The molecule has 114 valence electrons. The molecule has 0 aromatic rings. The first-order valence-electron chi connectivity index (χ1n) is 6.74. The van der Waals surface area contributed by atoms with E-state index in [1.807, 2.05) is 41.5 Å². The molecule has 0 aliphatic carbocycles. The molecule has 1 aliphatic heterocycles. The van der Waals surface area contributed by atoms with Crippen molar-refractivity contribution in [1.82, 2.24) is 4.90 Å². The maximum Gasteiger partial charge on any atom is 0.417 e. The van der Waals surface area contributed by atoms with E-state index < -0.39 is 11.8 Å². The number of halogens is 3. The van der Waals surface area contributed by atoms with Gasteiger partial charge in [0.1, 0.15) is 0 Å². The third-order valence-corrected chi connectivity index (χ3v) is 4.06. The molecular weight excluding hydrogens is 255 g/mol. The van der Waals surface area contributed by atoms with Crippen molar-refractivity contribution < 1.29 is 18.3 Å². The van der Waals surface area contributed by atoms with Crippen molar-refractivity contribution in [2.24, 2.45) is 5.41 Å². The maximum absolute atomic E-state index is 13.0. The van der Waals surface area contributed by atoms with Gasteiger partial charge in [-0.3, -0.25) is 4.90 Å². The highest BCUT2D eigenvalue weighted by Gasteiger charge is 2.58. The number of hydrogen-bond acceptors (Lipinski definition) is 2. The molecule has 2 atom stereocenters. The predicted octanol–water partition coefficient (Wildman–Crippen LogP) is 3.59. The standard InChI is InChI=1S/C14H26F3NO/c1-11(2,3)10-9-13(19,14(15,16)17)7-8-18(10)12(4,5)6/h10,19H,7-9H2,1-6H3. The van der Waals surface area contributed by atoms with E-state index >= 15 is 0 Å². The molecule has 2 unspecified atom stereocenters. The van der Waals surface area contributed by atoms with E-state index in [2.05, 4.69) is 4.90 Å². The zero-order valence-corrected chi connectivity index (χ0v) is 12.7. The van der Waals surface area contributed by atoms with Crippen LogP contribution in [0.4, 0.5) is 13.2 Å². The highest BCUT2D eigenvalue weighted by Crippen LogP contribution is 2.46. The highest BCUT2D eigenvalue weighted by atomic mass is 19.4. The van der Waals surface area contributed by atoms with Gasteiger partial charge in [0, 0.05) is 24.5 Å². The molecule has 1 aliphatic rings. The molecule has 0 aromatic carbocycles. The Morgan fingerprint density at radius 3 is 1.84 bits per heavy atom. The second-order valence-corrected chi connectivity index (χ2v) is 7.73. The molecular formula is C14H26F3NO. The average molecular weight is 281 g/mol. The first kappa shape index (κ1) is 16.8. The van der Waals surface area contributed by atoms with E-state index in [1.165, 1.54) is 0 Å². The van der Waals surface area contributed by atoms with Crippen LogP contribution in [0.1, 0.15) is 54.4 Å². The van der Waals surface area contributed by atoms with Crippen LogP contribution in [0.3, 0.4) is 0 Å². The lowest BCUT2D eigenvalue weighted by Gasteiger charge is -2.54. The number of alkyl halides is 3. The summed E-state index contributed by atoms with van der Waals surface area (Å²) >= 11 is 0. The summed E-state index contributed by atoms with van der Waals surface area (Å²) in [5.41, 5.74) is -3.06. The van der Waals surface area contributed by atoms with Gasteiger partial charge in [-0.1, -0.05) is 20.8 Å². The maximum atomic E-state index is 13.0. The fourth-order valence-corrected chi connectivity index (χ4v) is 2.83. The summed E-state index contributed by atoms with van der Waals surface area (Å²) in [6.45, 7) is 12.1. The van der Waals surface area contributed by atoms with Crippen LogP contribution < -0.4 is 0 Å². The van der Waals surface area contributed by atoms with Gasteiger partial charge >= 0.3 is 6.18 Å². The van der Waals surface area contributed by atoms with E-state index in [9.17, 15) is 18.3 Å². The van der Waals surface area contributed by atoms with Gasteiger partial charge in [0.2, 0.25) is 0 Å². The van der Waals surface area contributed by atoms with Crippen molar-refractivity contribution >= 4 is 0 Å². The Hall–Kier alpha value is -0.290. The smallest absolute Gasteiger partial charge is 0.380 e. The molecule has 1 rings (SSSR count). The van der Waals surface area contributed by atoms with Crippen LogP contribution in [0, 0.1) is 5.41 Å². The minimum atomic E-state index is -4.56. The second kappa shape index (κ2) is 4.62. The van der Waals surface area contributed by atoms with Crippen LogP contribution in [0.15, 0.2) is 0 Å². The summed E-state index contributed by atoms with van der Waals surface area (Å²) in [6, 6.07) is -0.298.